The number of nitrogens with one attached hydrogen (secondary N) is 1. The molecule has 3 N–H and O–H groups in total. The summed E-state index contributed by atoms with van der Waals surface area (Å²) in [5.41, 5.74) is 13.6. The zero-order chi connectivity index (χ0) is 45.0. The number of amides is 2. The van der Waals surface area contributed by atoms with Crippen LogP contribution < -0.4 is 16.0 Å². The standard InChI is InChI=1S/C50H73N7O6/c1-9-55-42-15-14-37(27-38(42)40(28-50(6,7)30-63-31-58)47(55)39-26-33(4)29-52-44(39)34(5)61-8)54-22-16-36(17-23-54)45(49(60)57-21-11-13-43(57)51)53-48(59)46(32(2)3)56-20-10-12-41(56)35-18-24-62-25-19-35/h11,13-15,26-27,29,31-32,34-36,41,43,45-46H,9-10,12,16-25,28,30,51H2,1-8H3,(H,53,59)/t34?,41-,43?,45?,46?/m1/s1. The number of hydrogen-bond acceptors (Lipinski definition) is 10. The second-order valence-electron chi connectivity index (χ2n) is 19.7. The Bertz CT molecular complexity index is 2100. The molecule has 63 heavy (non-hydrogen) atoms. The Labute approximate surface area is 375 Å². The van der Waals surface area contributed by atoms with Gasteiger partial charge in [0, 0.05) is 86.3 Å². The van der Waals surface area contributed by atoms with E-state index in [1.807, 2.05) is 25.3 Å². The number of anilines is 1. The molecular weight excluding hydrogens is 795 g/mol. The van der Waals surface area contributed by atoms with Crippen LogP contribution in [0.4, 0.5) is 5.69 Å². The first-order valence-electron chi connectivity index (χ1n) is 23.6. The first-order valence-corrected chi connectivity index (χ1v) is 23.6. The number of likely N-dealkylation sites (tertiary alicyclic amines) is 1. The lowest BCUT2D eigenvalue weighted by atomic mass is 9.84. The van der Waals surface area contributed by atoms with Crippen LogP contribution in [0.15, 0.2) is 42.6 Å². The molecule has 3 saturated heterocycles. The summed E-state index contributed by atoms with van der Waals surface area (Å²) in [7, 11) is 1.71. The minimum absolute atomic E-state index is 0.0481. The SMILES string of the molecule is CCn1c(-c2cc(C)cnc2C(C)OC)c(CC(C)(C)COC=O)c2cc(N3CCC(C(NC(=O)C(C(C)C)N4CCC[C@@H]4C4CCOCC4)C(=O)N4CC=CC4N)CC3)ccc21. The molecule has 6 heterocycles. The number of pyridine rings is 1. The number of fused-ring (bicyclic) bond motifs is 1. The molecule has 3 aromatic rings. The highest BCUT2D eigenvalue weighted by Gasteiger charge is 2.44. The number of aryl methyl sites for hydroxylation is 2. The molecule has 2 amide bonds. The van der Waals surface area contributed by atoms with Crippen molar-refractivity contribution in [3.05, 3.63) is 59.4 Å². The van der Waals surface area contributed by atoms with Gasteiger partial charge >= 0.3 is 0 Å². The molecule has 0 radical (unpaired) electrons. The van der Waals surface area contributed by atoms with Gasteiger partial charge in [0.1, 0.15) is 6.04 Å². The van der Waals surface area contributed by atoms with E-state index in [0.29, 0.717) is 31.4 Å². The van der Waals surface area contributed by atoms with Gasteiger partial charge in [-0.1, -0.05) is 33.8 Å². The second kappa shape index (κ2) is 20.3. The van der Waals surface area contributed by atoms with Gasteiger partial charge in [-0.25, -0.2) is 0 Å². The van der Waals surface area contributed by atoms with E-state index < -0.39 is 12.2 Å². The molecule has 7 rings (SSSR count). The molecule has 0 spiro atoms. The number of hydrogen-bond donors (Lipinski definition) is 2. The molecule has 3 fully saturated rings. The maximum Gasteiger partial charge on any atom is 0.293 e. The summed E-state index contributed by atoms with van der Waals surface area (Å²) in [6.45, 7) is 20.8. The predicted molar refractivity (Wildman–Crippen MR) is 248 cm³/mol. The fraction of sp³-hybridized carbons (Fsp3) is 0.640. The van der Waals surface area contributed by atoms with Gasteiger partial charge in [-0.3, -0.25) is 24.3 Å². The Morgan fingerprint density at radius 2 is 1.81 bits per heavy atom. The molecule has 344 valence electrons. The Kier molecular flexibility index (Phi) is 15.0. The number of aromatic nitrogens is 2. The number of piperidine rings is 1. The summed E-state index contributed by atoms with van der Waals surface area (Å²) in [5, 5.41) is 4.55. The topological polar surface area (TPSA) is 144 Å². The quantitative estimate of drug-likeness (QED) is 0.110. The Morgan fingerprint density at radius 1 is 1.06 bits per heavy atom. The smallest absolute Gasteiger partial charge is 0.293 e. The molecule has 2 aromatic heterocycles. The van der Waals surface area contributed by atoms with E-state index in [-0.39, 0.29) is 47.8 Å². The third kappa shape index (κ3) is 10.0. The van der Waals surface area contributed by atoms with Crippen molar-refractivity contribution in [3.8, 4) is 11.3 Å². The van der Waals surface area contributed by atoms with E-state index in [9.17, 15) is 14.4 Å². The highest BCUT2D eigenvalue weighted by molar-refractivity contribution is 5.95. The van der Waals surface area contributed by atoms with Gasteiger partial charge in [-0.15, -0.1) is 0 Å². The number of methoxy groups -OCH3 is 1. The lowest BCUT2D eigenvalue weighted by Crippen LogP contribution is -2.61. The van der Waals surface area contributed by atoms with Crippen molar-refractivity contribution < 1.29 is 28.6 Å². The van der Waals surface area contributed by atoms with Gasteiger partial charge in [0.2, 0.25) is 11.8 Å². The van der Waals surface area contributed by atoms with Crippen molar-refractivity contribution in [2.45, 2.75) is 130 Å². The van der Waals surface area contributed by atoms with Crippen molar-refractivity contribution >= 4 is 34.9 Å². The van der Waals surface area contributed by atoms with Crippen molar-refractivity contribution in [2.75, 3.05) is 58.0 Å². The molecule has 0 saturated carbocycles. The molecular formula is C50H73N7O6. The van der Waals surface area contributed by atoms with Crippen LogP contribution in [-0.2, 0) is 41.6 Å². The number of nitrogens with two attached hydrogens (primary N) is 1. The lowest BCUT2D eigenvalue weighted by molar-refractivity contribution is -0.141. The number of carbonyl (C=O) groups excluding carboxylic acids is 3. The van der Waals surface area contributed by atoms with Crippen LogP contribution >= 0.6 is 0 Å². The van der Waals surface area contributed by atoms with Crippen LogP contribution in [0.3, 0.4) is 0 Å². The summed E-state index contributed by atoms with van der Waals surface area (Å²) < 4.78 is 19.3. The van der Waals surface area contributed by atoms with Crippen molar-refractivity contribution in [3.63, 3.8) is 0 Å². The van der Waals surface area contributed by atoms with Crippen molar-refractivity contribution in [1.82, 2.24) is 24.7 Å². The van der Waals surface area contributed by atoms with E-state index in [0.717, 1.165) is 117 Å². The first-order chi connectivity index (χ1) is 30.3. The first kappa shape index (κ1) is 46.7. The van der Waals surface area contributed by atoms with Crippen LogP contribution in [0.25, 0.3) is 22.2 Å². The molecule has 13 nitrogen and oxygen atoms in total. The van der Waals surface area contributed by atoms with Gasteiger partial charge in [-0.2, -0.15) is 0 Å². The average Bonchev–Trinajstić information content (AvgIpc) is 4.01. The van der Waals surface area contributed by atoms with E-state index in [1.165, 1.54) is 5.56 Å². The van der Waals surface area contributed by atoms with Crippen LogP contribution in [0.1, 0.15) is 103 Å². The number of ether oxygens (including phenoxy) is 3. The van der Waals surface area contributed by atoms with Crippen molar-refractivity contribution in [1.29, 1.82) is 0 Å². The number of nitrogens with zero attached hydrogens (tertiary/aromatic N) is 5. The highest BCUT2D eigenvalue weighted by atomic mass is 16.5. The Hall–Kier alpha value is -4.30. The number of rotatable bonds is 17. The van der Waals surface area contributed by atoms with Crippen molar-refractivity contribution in [2.24, 2.45) is 28.9 Å². The normalized spacial score (nSPS) is 21.9. The molecule has 0 aliphatic carbocycles. The molecule has 5 atom stereocenters. The zero-order valence-corrected chi connectivity index (χ0v) is 39.1. The number of benzene rings is 1. The molecule has 1 aromatic carbocycles. The molecule has 4 aliphatic rings. The van der Waals surface area contributed by atoms with Crippen LogP contribution in [0.2, 0.25) is 0 Å². The van der Waals surface area contributed by atoms with E-state index in [4.69, 9.17) is 24.9 Å². The maximum absolute atomic E-state index is 14.7. The van der Waals surface area contributed by atoms with Crippen LogP contribution in [-0.4, -0.2) is 115 Å². The van der Waals surface area contributed by atoms with E-state index in [2.05, 4.69) is 85.5 Å². The lowest BCUT2D eigenvalue weighted by Gasteiger charge is -2.42. The highest BCUT2D eigenvalue weighted by Crippen LogP contribution is 2.43. The monoisotopic (exact) mass is 868 g/mol. The summed E-state index contributed by atoms with van der Waals surface area (Å²) in [6, 6.07) is 8.34. The minimum atomic E-state index is -0.673. The summed E-state index contributed by atoms with van der Waals surface area (Å²) in [6.07, 6.45) is 11.4. The molecule has 4 unspecified atom stereocenters. The Balaban J connectivity index is 1.18. The summed E-state index contributed by atoms with van der Waals surface area (Å²) >= 11 is 0. The third-order valence-electron chi connectivity index (χ3n) is 14.3. The van der Waals surface area contributed by atoms with E-state index >= 15 is 0 Å². The Morgan fingerprint density at radius 3 is 2.46 bits per heavy atom. The van der Waals surface area contributed by atoms with Gasteiger partial charge < -0.3 is 39.6 Å². The second-order valence-corrected chi connectivity index (χ2v) is 19.7. The largest absolute Gasteiger partial charge is 0.467 e. The predicted octanol–water partition coefficient (Wildman–Crippen LogP) is 6.78. The van der Waals surface area contributed by atoms with Gasteiger partial charge in [-0.05, 0) is 131 Å². The van der Waals surface area contributed by atoms with E-state index in [1.54, 1.807) is 12.0 Å². The third-order valence-corrected chi connectivity index (χ3v) is 14.3. The summed E-state index contributed by atoms with van der Waals surface area (Å²) in [5.74, 6) is 0.406. The van der Waals surface area contributed by atoms with Crippen LogP contribution in [0.5, 0.6) is 0 Å². The molecule has 13 heteroatoms. The fourth-order valence-electron chi connectivity index (χ4n) is 11.1. The summed E-state index contributed by atoms with van der Waals surface area (Å²) in [4.78, 5) is 52.0. The zero-order valence-electron chi connectivity index (χ0n) is 39.1. The van der Waals surface area contributed by atoms with Gasteiger partial charge in [0.25, 0.3) is 6.47 Å². The van der Waals surface area contributed by atoms with Crippen LogP contribution in [0, 0.1) is 30.1 Å². The van der Waals surface area contributed by atoms with Gasteiger partial charge in [0.15, 0.2) is 0 Å². The molecule has 0 bridgehead atoms. The number of carbonyl (C=O) groups is 3. The van der Waals surface area contributed by atoms with Gasteiger partial charge in [0.05, 0.1) is 36.3 Å². The fourth-order valence-corrected chi connectivity index (χ4v) is 11.1. The average molecular weight is 868 g/mol. The maximum atomic E-state index is 14.7. The molecule has 4 aliphatic heterocycles. The minimum Gasteiger partial charge on any atom is -0.467 e.